The van der Waals surface area contributed by atoms with Gasteiger partial charge in [-0.2, -0.15) is 5.10 Å². The lowest BCUT2D eigenvalue weighted by atomic mass is 10.1. The Morgan fingerprint density at radius 1 is 1.25 bits per heavy atom. The second kappa shape index (κ2) is 8.15. The molecule has 1 aliphatic heterocycles. The quantitative estimate of drug-likeness (QED) is 0.793. The van der Waals surface area contributed by atoms with Crippen LogP contribution >= 0.6 is 0 Å². The molecule has 0 saturated carbocycles. The number of nitrogens with zero attached hydrogens (tertiary/aromatic N) is 3. The maximum Gasteiger partial charge on any atom is 0.286 e. The van der Waals surface area contributed by atoms with Crippen LogP contribution in [0.3, 0.4) is 0 Å². The highest BCUT2D eigenvalue weighted by Gasteiger charge is 2.15. The predicted molar refractivity (Wildman–Crippen MR) is 91.8 cm³/mol. The molecule has 0 radical (unpaired) electrons. The van der Waals surface area contributed by atoms with E-state index in [4.69, 9.17) is 4.42 Å². The summed E-state index contributed by atoms with van der Waals surface area (Å²) >= 11 is 0. The molecule has 2 aromatic rings. The number of rotatable bonds is 7. The van der Waals surface area contributed by atoms with Gasteiger partial charge in [0.25, 0.3) is 5.91 Å². The molecule has 1 aliphatic rings. The van der Waals surface area contributed by atoms with E-state index < -0.39 is 0 Å². The molecule has 130 valence electrons. The average molecular weight is 330 g/mol. The highest BCUT2D eigenvalue weighted by molar-refractivity contribution is 5.91. The van der Waals surface area contributed by atoms with Crippen LogP contribution in [0.1, 0.15) is 47.7 Å². The van der Waals surface area contributed by atoms with Crippen molar-refractivity contribution in [2.24, 2.45) is 0 Å². The third-order valence-electron chi connectivity index (χ3n) is 4.47. The number of likely N-dealkylation sites (tertiary alicyclic amines) is 1. The van der Waals surface area contributed by atoms with Crippen LogP contribution < -0.4 is 5.32 Å². The molecule has 3 rings (SSSR count). The number of aryl methyl sites for hydroxylation is 2. The summed E-state index contributed by atoms with van der Waals surface area (Å²) in [7, 11) is 0. The Balaban J connectivity index is 1.41. The van der Waals surface area contributed by atoms with Crippen molar-refractivity contribution in [3.63, 3.8) is 0 Å². The van der Waals surface area contributed by atoms with Crippen molar-refractivity contribution in [1.82, 2.24) is 20.0 Å². The lowest BCUT2D eigenvalue weighted by Crippen LogP contribution is -2.29. The van der Waals surface area contributed by atoms with Gasteiger partial charge in [0.2, 0.25) is 0 Å². The Labute approximate surface area is 142 Å². The zero-order chi connectivity index (χ0) is 16.8. The fourth-order valence-corrected chi connectivity index (χ4v) is 3.07. The van der Waals surface area contributed by atoms with Gasteiger partial charge in [-0.15, -0.1) is 0 Å². The summed E-state index contributed by atoms with van der Waals surface area (Å²) in [5.41, 5.74) is 1.13. The first-order valence-corrected chi connectivity index (χ1v) is 8.80. The van der Waals surface area contributed by atoms with Crippen LogP contribution in [-0.4, -0.2) is 40.2 Å². The van der Waals surface area contributed by atoms with Gasteiger partial charge in [-0.3, -0.25) is 14.4 Å². The second-order valence-corrected chi connectivity index (χ2v) is 6.41. The summed E-state index contributed by atoms with van der Waals surface area (Å²) in [6.45, 7) is 6.48. The van der Waals surface area contributed by atoms with Crippen molar-refractivity contribution < 1.29 is 9.21 Å². The molecule has 0 spiro atoms. The summed E-state index contributed by atoms with van der Waals surface area (Å²) in [5, 5.41) is 7.14. The summed E-state index contributed by atoms with van der Waals surface area (Å²) < 4.78 is 7.64. The number of piperidine rings is 1. The molecule has 1 fully saturated rings. The van der Waals surface area contributed by atoms with Gasteiger partial charge in [0.1, 0.15) is 5.76 Å². The number of aromatic nitrogens is 2. The van der Waals surface area contributed by atoms with Crippen LogP contribution in [0.5, 0.6) is 0 Å². The SMILES string of the molecule is Cc1ccnn1CCCNC(=O)c1ccc(CN2CCCCC2)o1. The minimum absolute atomic E-state index is 0.142. The Bertz CT molecular complexity index is 656. The molecular formula is C18H26N4O2. The van der Waals surface area contributed by atoms with Crippen LogP contribution in [0, 0.1) is 6.92 Å². The highest BCUT2D eigenvalue weighted by Crippen LogP contribution is 2.15. The van der Waals surface area contributed by atoms with Gasteiger partial charge in [-0.1, -0.05) is 6.42 Å². The number of amides is 1. The molecule has 24 heavy (non-hydrogen) atoms. The molecule has 1 N–H and O–H groups in total. The van der Waals surface area contributed by atoms with Crippen LogP contribution in [0.4, 0.5) is 0 Å². The van der Waals surface area contributed by atoms with Gasteiger partial charge in [-0.05, 0) is 57.5 Å². The topological polar surface area (TPSA) is 63.3 Å². The van der Waals surface area contributed by atoms with Crippen molar-refractivity contribution in [2.75, 3.05) is 19.6 Å². The zero-order valence-electron chi connectivity index (χ0n) is 14.3. The van der Waals surface area contributed by atoms with Gasteiger partial charge in [0.15, 0.2) is 5.76 Å². The van der Waals surface area contributed by atoms with E-state index in [1.54, 1.807) is 12.3 Å². The first kappa shape index (κ1) is 16.8. The summed E-state index contributed by atoms with van der Waals surface area (Å²) in [6.07, 6.45) is 6.46. The minimum Gasteiger partial charge on any atom is -0.455 e. The van der Waals surface area contributed by atoms with Crippen molar-refractivity contribution >= 4 is 5.91 Å². The monoisotopic (exact) mass is 330 g/mol. The Morgan fingerprint density at radius 3 is 2.83 bits per heavy atom. The molecule has 6 nitrogen and oxygen atoms in total. The standard InChI is InChI=1S/C18H26N4O2/c1-15-8-10-20-22(15)13-5-9-19-18(23)17-7-6-16(24-17)14-21-11-3-2-4-12-21/h6-8,10H,2-5,9,11-14H2,1H3,(H,19,23). The molecular weight excluding hydrogens is 304 g/mol. The van der Waals surface area contributed by atoms with Crippen molar-refractivity contribution in [3.05, 3.63) is 41.6 Å². The van der Waals surface area contributed by atoms with E-state index in [0.717, 1.165) is 44.1 Å². The maximum atomic E-state index is 12.1. The molecule has 0 atom stereocenters. The van der Waals surface area contributed by atoms with Crippen LogP contribution in [0.2, 0.25) is 0 Å². The largest absolute Gasteiger partial charge is 0.455 e. The Kier molecular flexibility index (Phi) is 5.69. The molecule has 0 aromatic carbocycles. The number of hydrogen-bond donors (Lipinski definition) is 1. The number of carbonyl (C=O) groups excluding carboxylic acids is 1. The number of hydrogen-bond acceptors (Lipinski definition) is 4. The van der Waals surface area contributed by atoms with Crippen LogP contribution in [-0.2, 0) is 13.1 Å². The first-order valence-electron chi connectivity index (χ1n) is 8.80. The van der Waals surface area contributed by atoms with E-state index in [1.807, 2.05) is 23.7 Å². The van der Waals surface area contributed by atoms with E-state index >= 15 is 0 Å². The van der Waals surface area contributed by atoms with E-state index in [9.17, 15) is 4.79 Å². The molecule has 0 unspecified atom stereocenters. The zero-order valence-corrected chi connectivity index (χ0v) is 14.3. The van der Waals surface area contributed by atoms with Gasteiger partial charge >= 0.3 is 0 Å². The third kappa shape index (κ3) is 4.47. The summed E-state index contributed by atoms with van der Waals surface area (Å²) in [6, 6.07) is 5.66. The van der Waals surface area contributed by atoms with E-state index in [1.165, 1.54) is 19.3 Å². The minimum atomic E-state index is -0.142. The fourth-order valence-electron chi connectivity index (χ4n) is 3.07. The fraction of sp³-hybridized carbons (Fsp3) is 0.556. The number of nitrogens with one attached hydrogen (secondary N) is 1. The number of furan rings is 1. The van der Waals surface area contributed by atoms with Gasteiger partial charge in [0.05, 0.1) is 6.54 Å². The van der Waals surface area contributed by atoms with Crippen LogP contribution in [0.15, 0.2) is 28.8 Å². The molecule has 2 aromatic heterocycles. The molecule has 0 bridgehead atoms. The molecule has 1 amide bonds. The summed E-state index contributed by atoms with van der Waals surface area (Å²) in [5.74, 6) is 1.13. The molecule has 3 heterocycles. The Morgan fingerprint density at radius 2 is 2.08 bits per heavy atom. The van der Waals surface area contributed by atoms with Crippen molar-refractivity contribution in [3.8, 4) is 0 Å². The average Bonchev–Trinajstić information content (AvgIpc) is 3.22. The Hall–Kier alpha value is -2.08. The normalized spacial score (nSPS) is 15.5. The lowest BCUT2D eigenvalue weighted by molar-refractivity contribution is 0.0920. The number of carbonyl (C=O) groups is 1. The second-order valence-electron chi connectivity index (χ2n) is 6.41. The van der Waals surface area contributed by atoms with Crippen molar-refractivity contribution in [1.29, 1.82) is 0 Å². The maximum absolute atomic E-state index is 12.1. The molecule has 6 heteroatoms. The summed E-state index contributed by atoms with van der Waals surface area (Å²) in [4.78, 5) is 14.5. The predicted octanol–water partition coefficient (Wildman–Crippen LogP) is 2.59. The van der Waals surface area contributed by atoms with Crippen LogP contribution in [0.25, 0.3) is 0 Å². The smallest absolute Gasteiger partial charge is 0.286 e. The van der Waals surface area contributed by atoms with Gasteiger partial charge in [-0.25, -0.2) is 0 Å². The molecule has 0 aliphatic carbocycles. The molecule has 1 saturated heterocycles. The van der Waals surface area contributed by atoms with Gasteiger partial charge < -0.3 is 9.73 Å². The van der Waals surface area contributed by atoms with E-state index in [2.05, 4.69) is 15.3 Å². The van der Waals surface area contributed by atoms with Crippen molar-refractivity contribution in [2.45, 2.75) is 45.7 Å². The van der Waals surface area contributed by atoms with Gasteiger partial charge in [0, 0.05) is 25.0 Å². The highest BCUT2D eigenvalue weighted by atomic mass is 16.4. The lowest BCUT2D eigenvalue weighted by Gasteiger charge is -2.25. The van der Waals surface area contributed by atoms with E-state index in [0.29, 0.717) is 12.3 Å². The van der Waals surface area contributed by atoms with E-state index in [-0.39, 0.29) is 5.91 Å². The third-order valence-corrected chi connectivity index (χ3v) is 4.47. The first-order chi connectivity index (χ1) is 11.7.